The molecule has 0 aliphatic rings. The first-order chi connectivity index (χ1) is 11.4. The first-order valence-electron chi connectivity index (χ1n) is 7.62. The van der Waals surface area contributed by atoms with Gasteiger partial charge in [-0.3, -0.25) is 19.2 Å². The lowest BCUT2D eigenvalue weighted by atomic mass is 9.97. The van der Waals surface area contributed by atoms with Gasteiger partial charge in [0.05, 0.1) is 0 Å². The number of ketones is 4. The Bertz CT molecular complexity index is 745. The van der Waals surface area contributed by atoms with Gasteiger partial charge >= 0.3 is 0 Å². The molecule has 0 spiro atoms. The molecule has 0 aliphatic carbocycles. The van der Waals surface area contributed by atoms with Crippen LogP contribution in [0, 0.1) is 0 Å². The van der Waals surface area contributed by atoms with Gasteiger partial charge in [-0.2, -0.15) is 0 Å². The van der Waals surface area contributed by atoms with Crippen LogP contribution < -0.4 is 0 Å². The van der Waals surface area contributed by atoms with Crippen LogP contribution in [0.1, 0.15) is 53.5 Å². The van der Waals surface area contributed by atoms with Gasteiger partial charge in [-0.1, -0.05) is 61.5 Å². The van der Waals surface area contributed by atoms with Crippen LogP contribution in [0.5, 0.6) is 0 Å². The van der Waals surface area contributed by atoms with E-state index in [2.05, 4.69) is 0 Å². The van der Waals surface area contributed by atoms with Gasteiger partial charge in [0.25, 0.3) is 0 Å². The summed E-state index contributed by atoms with van der Waals surface area (Å²) in [7, 11) is 0. The maximum Gasteiger partial charge on any atom is 0.197 e. The molecule has 2 rings (SSSR count). The van der Waals surface area contributed by atoms with Gasteiger partial charge in [-0.15, -0.1) is 0 Å². The maximum absolute atomic E-state index is 12.2. The van der Waals surface area contributed by atoms with Crippen molar-refractivity contribution in [3.8, 4) is 0 Å². The van der Waals surface area contributed by atoms with Gasteiger partial charge in [0.15, 0.2) is 23.1 Å². The second kappa shape index (κ2) is 9.30. The largest absolute Gasteiger partial charge is 0.294 e. The third-order valence-electron chi connectivity index (χ3n) is 3.30. The monoisotopic (exact) mass is 324 g/mol. The molecule has 0 bridgehead atoms. The molecule has 0 unspecified atom stereocenters. The maximum atomic E-state index is 12.2. The Labute approximate surface area is 141 Å². The van der Waals surface area contributed by atoms with E-state index in [0.717, 1.165) is 0 Å². The van der Waals surface area contributed by atoms with Crippen molar-refractivity contribution in [3.05, 3.63) is 71.3 Å². The van der Waals surface area contributed by atoms with Crippen molar-refractivity contribution in [1.29, 1.82) is 0 Å². The summed E-state index contributed by atoms with van der Waals surface area (Å²) in [5, 5.41) is 0. The van der Waals surface area contributed by atoms with Gasteiger partial charge in [0, 0.05) is 30.0 Å². The highest BCUT2D eigenvalue weighted by Gasteiger charge is 2.14. The van der Waals surface area contributed by atoms with E-state index >= 15 is 0 Å². The van der Waals surface area contributed by atoms with E-state index in [1.165, 1.54) is 13.8 Å². The lowest BCUT2D eigenvalue weighted by molar-refractivity contribution is -0.135. The van der Waals surface area contributed by atoms with Crippen molar-refractivity contribution < 1.29 is 19.2 Å². The Morgan fingerprint density at radius 1 is 0.750 bits per heavy atom. The minimum Gasteiger partial charge on any atom is -0.294 e. The molecule has 0 radical (unpaired) electrons. The van der Waals surface area contributed by atoms with Gasteiger partial charge in [0.1, 0.15) is 0 Å². The third-order valence-corrected chi connectivity index (χ3v) is 3.30. The molecule has 0 saturated heterocycles. The van der Waals surface area contributed by atoms with Crippen LogP contribution in [-0.2, 0) is 9.59 Å². The molecule has 24 heavy (non-hydrogen) atoms. The van der Waals surface area contributed by atoms with Crippen LogP contribution in [0.25, 0.3) is 0 Å². The van der Waals surface area contributed by atoms with E-state index in [1.54, 1.807) is 43.3 Å². The van der Waals surface area contributed by atoms with Crippen molar-refractivity contribution in [1.82, 2.24) is 0 Å². The molecule has 0 heterocycles. The fraction of sp³-hybridized carbons (Fsp3) is 0.200. The number of carbonyl (C=O) groups excluding carboxylic acids is 4. The Balaban J connectivity index is 0.000000351. The summed E-state index contributed by atoms with van der Waals surface area (Å²) >= 11 is 0. The van der Waals surface area contributed by atoms with Crippen molar-refractivity contribution in [3.63, 3.8) is 0 Å². The lowest BCUT2D eigenvalue weighted by Crippen LogP contribution is -2.07. The fourth-order valence-electron chi connectivity index (χ4n) is 1.98. The van der Waals surface area contributed by atoms with Crippen LogP contribution >= 0.6 is 0 Å². The predicted octanol–water partition coefficient (Wildman–Crippen LogP) is 3.67. The van der Waals surface area contributed by atoms with E-state index in [4.69, 9.17) is 0 Å². The summed E-state index contributed by atoms with van der Waals surface area (Å²) in [6.07, 6.45) is 0.329. The molecular formula is C20H20O4. The molecule has 0 fully saturated rings. The first-order valence-corrected chi connectivity index (χ1v) is 7.62. The molecule has 0 aliphatic heterocycles. The van der Waals surface area contributed by atoms with Crippen LogP contribution in [0.2, 0.25) is 0 Å². The Kier molecular flexibility index (Phi) is 7.43. The summed E-state index contributed by atoms with van der Waals surface area (Å²) in [5.41, 5.74) is 1.54. The summed E-state index contributed by atoms with van der Waals surface area (Å²) in [5.74, 6) is -0.844. The van der Waals surface area contributed by atoms with Gasteiger partial charge in [-0.05, 0) is 6.92 Å². The van der Waals surface area contributed by atoms with Crippen molar-refractivity contribution in [2.45, 2.75) is 27.2 Å². The zero-order valence-corrected chi connectivity index (χ0v) is 14.0. The molecule has 0 N–H and O–H groups in total. The van der Waals surface area contributed by atoms with Gasteiger partial charge in [0.2, 0.25) is 0 Å². The average Bonchev–Trinajstić information content (AvgIpc) is 2.61. The lowest BCUT2D eigenvalue weighted by Gasteiger charge is -2.05. The number of hydrogen-bond donors (Lipinski definition) is 0. The van der Waals surface area contributed by atoms with E-state index in [1.807, 2.05) is 18.2 Å². The fourth-order valence-corrected chi connectivity index (χ4v) is 1.98. The Morgan fingerprint density at radius 3 is 1.67 bits per heavy atom. The zero-order valence-electron chi connectivity index (χ0n) is 14.0. The van der Waals surface area contributed by atoms with Crippen LogP contribution in [0.15, 0.2) is 54.6 Å². The van der Waals surface area contributed by atoms with Crippen LogP contribution in [-0.4, -0.2) is 23.1 Å². The van der Waals surface area contributed by atoms with Crippen molar-refractivity contribution >= 4 is 23.1 Å². The number of benzene rings is 2. The zero-order chi connectivity index (χ0) is 18.1. The predicted molar refractivity (Wildman–Crippen MR) is 92.3 cm³/mol. The molecule has 0 aromatic heterocycles. The molecule has 0 atom stereocenters. The highest BCUT2D eigenvalue weighted by atomic mass is 16.2. The molecular weight excluding hydrogens is 304 g/mol. The minimum absolute atomic E-state index is 0.0927. The summed E-state index contributed by atoms with van der Waals surface area (Å²) < 4.78 is 0. The molecule has 124 valence electrons. The topological polar surface area (TPSA) is 68.3 Å². The average molecular weight is 324 g/mol. The first kappa shape index (κ1) is 19.2. The van der Waals surface area contributed by atoms with Crippen molar-refractivity contribution in [2.75, 3.05) is 0 Å². The van der Waals surface area contributed by atoms with E-state index in [9.17, 15) is 19.2 Å². The summed E-state index contributed by atoms with van der Waals surface area (Å²) in [4.78, 5) is 43.9. The van der Waals surface area contributed by atoms with Crippen molar-refractivity contribution in [2.24, 2.45) is 0 Å². The van der Waals surface area contributed by atoms with Gasteiger partial charge in [-0.25, -0.2) is 0 Å². The Hall–Kier alpha value is -2.88. The number of Topliss-reactive ketones (excluding diaryl/α,β-unsaturated/α-hetero) is 3. The molecule has 4 heteroatoms. The number of rotatable bonds is 5. The number of hydrogen-bond acceptors (Lipinski definition) is 4. The summed E-state index contributed by atoms with van der Waals surface area (Å²) in [6.45, 7) is 4.42. The minimum atomic E-state index is -0.345. The second-order valence-corrected chi connectivity index (χ2v) is 5.13. The quantitative estimate of drug-likeness (QED) is 0.621. The second-order valence-electron chi connectivity index (χ2n) is 5.13. The molecule has 0 amide bonds. The van der Waals surface area contributed by atoms with Crippen LogP contribution in [0.4, 0.5) is 0 Å². The van der Waals surface area contributed by atoms with E-state index in [0.29, 0.717) is 23.1 Å². The van der Waals surface area contributed by atoms with E-state index in [-0.39, 0.29) is 23.1 Å². The third kappa shape index (κ3) is 5.39. The SMILES string of the molecule is CC(=O)c1ccccc1C(=O)c1ccccc1.CCC(=O)C(C)=O. The highest BCUT2D eigenvalue weighted by molar-refractivity contribution is 6.36. The molecule has 2 aromatic rings. The van der Waals surface area contributed by atoms with Crippen LogP contribution in [0.3, 0.4) is 0 Å². The smallest absolute Gasteiger partial charge is 0.197 e. The summed E-state index contributed by atoms with van der Waals surface area (Å²) in [6, 6.07) is 15.9. The molecule has 0 saturated carbocycles. The molecule has 4 nitrogen and oxygen atoms in total. The molecule has 2 aromatic carbocycles. The van der Waals surface area contributed by atoms with E-state index < -0.39 is 0 Å². The standard InChI is InChI=1S/C15H12O2.C5H8O2/c1-11(16)13-9-5-6-10-14(13)15(17)12-7-3-2-4-8-12;1-3-5(7)4(2)6/h2-10H,1H3;3H2,1-2H3. The number of carbonyl (C=O) groups is 4. The Morgan fingerprint density at radius 2 is 1.25 bits per heavy atom. The van der Waals surface area contributed by atoms with Gasteiger partial charge < -0.3 is 0 Å². The highest BCUT2D eigenvalue weighted by Crippen LogP contribution is 2.15. The normalized spacial score (nSPS) is 9.46.